The number of anilines is 1. The predicted octanol–water partition coefficient (Wildman–Crippen LogP) is 2.47. The van der Waals surface area contributed by atoms with Crippen molar-refractivity contribution in [3.05, 3.63) is 59.9 Å². The normalized spacial score (nSPS) is 20.0. The van der Waals surface area contributed by atoms with Crippen molar-refractivity contribution in [3.8, 4) is 0 Å². The van der Waals surface area contributed by atoms with E-state index in [9.17, 15) is 17.6 Å². The summed E-state index contributed by atoms with van der Waals surface area (Å²) in [6, 6.07) is 11.0. The van der Waals surface area contributed by atoms with Gasteiger partial charge in [0.2, 0.25) is 0 Å². The Balaban J connectivity index is 1.55. The molecular weight excluding hydrogens is 409 g/mol. The standard InChI is InChI=1S/C21H26FN3O4S/c1-15-13-25(14-16(2)29-15)12-11-23-21(26)17-7-9-18(10-8-17)30(27,28)24-20-6-4-3-5-19(20)22/h3-10,15-16,24H,11-14H2,1-2H3,(H,23,26). The molecule has 2 aromatic rings. The number of hydrogen-bond donors (Lipinski definition) is 2. The summed E-state index contributed by atoms with van der Waals surface area (Å²) in [6.45, 7) is 6.88. The monoisotopic (exact) mass is 435 g/mol. The first-order valence-electron chi connectivity index (χ1n) is 9.78. The maximum absolute atomic E-state index is 13.7. The lowest BCUT2D eigenvalue weighted by atomic mass is 10.2. The molecule has 7 nitrogen and oxygen atoms in total. The van der Waals surface area contributed by atoms with Crippen LogP contribution in [0.4, 0.5) is 10.1 Å². The molecule has 0 aliphatic carbocycles. The van der Waals surface area contributed by atoms with Crippen molar-refractivity contribution < 1.29 is 22.3 Å². The summed E-state index contributed by atoms with van der Waals surface area (Å²) in [7, 11) is -3.96. The topological polar surface area (TPSA) is 87.7 Å². The highest BCUT2D eigenvalue weighted by Crippen LogP contribution is 2.19. The molecule has 1 saturated heterocycles. The molecule has 1 amide bonds. The minimum atomic E-state index is -3.96. The zero-order valence-electron chi connectivity index (χ0n) is 17.0. The van der Waals surface area contributed by atoms with Gasteiger partial charge >= 0.3 is 0 Å². The molecule has 0 radical (unpaired) electrons. The highest BCUT2D eigenvalue weighted by molar-refractivity contribution is 7.92. The largest absolute Gasteiger partial charge is 0.373 e. The summed E-state index contributed by atoms with van der Waals surface area (Å²) in [6.07, 6.45) is 0.328. The van der Waals surface area contributed by atoms with Crippen LogP contribution >= 0.6 is 0 Å². The molecule has 2 N–H and O–H groups in total. The summed E-state index contributed by atoms with van der Waals surface area (Å²) in [5, 5.41) is 2.85. The molecule has 162 valence electrons. The smallest absolute Gasteiger partial charge is 0.261 e. The zero-order chi connectivity index (χ0) is 21.7. The van der Waals surface area contributed by atoms with E-state index in [0.717, 1.165) is 13.1 Å². The number of halogens is 1. The van der Waals surface area contributed by atoms with Crippen LogP contribution in [0.3, 0.4) is 0 Å². The Bertz CT molecular complexity index is 972. The fraction of sp³-hybridized carbons (Fsp3) is 0.381. The molecule has 2 atom stereocenters. The van der Waals surface area contributed by atoms with Gasteiger partial charge in [-0.2, -0.15) is 0 Å². The van der Waals surface area contributed by atoms with Gasteiger partial charge in [-0.3, -0.25) is 14.4 Å². The van der Waals surface area contributed by atoms with Gasteiger partial charge in [0.15, 0.2) is 0 Å². The first-order valence-corrected chi connectivity index (χ1v) is 11.3. The van der Waals surface area contributed by atoms with Crippen LogP contribution in [0.2, 0.25) is 0 Å². The highest BCUT2D eigenvalue weighted by atomic mass is 32.2. The quantitative estimate of drug-likeness (QED) is 0.698. The Hall–Kier alpha value is -2.49. The second-order valence-corrected chi connectivity index (χ2v) is 9.06. The highest BCUT2D eigenvalue weighted by Gasteiger charge is 2.22. The lowest BCUT2D eigenvalue weighted by Gasteiger charge is -2.35. The van der Waals surface area contributed by atoms with Crippen LogP contribution in [0.25, 0.3) is 0 Å². The van der Waals surface area contributed by atoms with Gasteiger partial charge in [-0.25, -0.2) is 12.8 Å². The van der Waals surface area contributed by atoms with E-state index >= 15 is 0 Å². The minimum Gasteiger partial charge on any atom is -0.373 e. The van der Waals surface area contributed by atoms with E-state index in [2.05, 4.69) is 14.9 Å². The summed E-state index contributed by atoms with van der Waals surface area (Å²) < 4.78 is 46.5. The maximum atomic E-state index is 13.7. The van der Waals surface area contributed by atoms with Crippen molar-refractivity contribution in [2.24, 2.45) is 0 Å². The molecular formula is C21H26FN3O4S. The van der Waals surface area contributed by atoms with Crippen molar-refractivity contribution in [1.29, 1.82) is 0 Å². The number of para-hydroxylation sites is 1. The molecule has 1 aliphatic rings. The maximum Gasteiger partial charge on any atom is 0.261 e. The van der Waals surface area contributed by atoms with E-state index < -0.39 is 15.8 Å². The number of carbonyl (C=O) groups excluding carboxylic acids is 1. The molecule has 0 saturated carbocycles. The number of nitrogens with one attached hydrogen (secondary N) is 2. The molecule has 9 heteroatoms. The second kappa shape index (κ2) is 9.55. The Kier molecular flexibility index (Phi) is 7.06. The van der Waals surface area contributed by atoms with Gasteiger partial charge < -0.3 is 10.1 Å². The van der Waals surface area contributed by atoms with Crippen molar-refractivity contribution in [2.45, 2.75) is 31.0 Å². The Labute approximate surface area is 176 Å². The third-order valence-electron chi connectivity index (χ3n) is 4.75. The molecule has 1 aliphatic heterocycles. The minimum absolute atomic E-state index is 0.0569. The molecule has 1 fully saturated rings. The second-order valence-electron chi connectivity index (χ2n) is 7.38. The first kappa shape index (κ1) is 22.2. The van der Waals surface area contributed by atoms with Crippen LogP contribution in [0.1, 0.15) is 24.2 Å². The SMILES string of the molecule is CC1CN(CCNC(=O)c2ccc(S(=O)(=O)Nc3ccccc3F)cc2)CC(C)O1. The molecule has 2 aromatic carbocycles. The average Bonchev–Trinajstić information content (AvgIpc) is 2.69. The van der Waals surface area contributed by atoms with Crippen molar-refractivity contribution in [3.63, 3.8) is 0 Å². The molecule has 3 rings (SSSR count). The van der Waals surface area contributed by atoms with Crippen molar-refractivity contribution in [2.75, 3.05) is 30.9 Å². The number of morpholine rings is 1. The van der Waals surface area contributed by atoms with Crippen LogP contribution in [0, 0.1) is 5.82 Å². The van der Waals surface area contributed by atoms with Gasteiger partial charge in [-0.05, 0) is 50.2 Å². The average molecular weight is 436 g/mol. The summed E-state index contributed by atoms with van der Waals surface area (Å²) in [4.78, 5) is 14.5. The van der Waals surface area contributed by atoms with Gasteiger partial charge in [0.05, 0.1) is 22.8 Å². The number of sulfonamides is 1. The zero-order valence-corrected chi connectivity index (χ0v) is 17.8. The number of ether oxygens (including phenoxy) is 1. The lowest BCUT2D eigenvalue weighted by Crippen LogP contribution is -2.47. The van der Waals surface area contributed by atoms with E-state index in [1.165, 1.54) is 48.5 Å². The van der Waals surface area contributed by atoms with E-state index in [4.69, 9.17) is 4.74 Å². The summed E-state index contributed by atoms with van der Waals surface area (Å²) >= 11 is 0. The van der Waals surface area contributed by atoms with Crippen molar-refractivity contribution >= 4 is 21.6 Å². The van der Waals surface area contributed by atoms with E-state index in [1.54, 1.807) is 0 Å². The number of amides is 1. The summed E-state index contributed by atoms with van der Waals surface area (Å²) in [5.74, 6) is -0.948. The Morgan fingerprint density at radius 2 is 1.73 bits per heavy atom. The van der Waals surface area contributed by atoms with Gasteiger partial charge in [0.1, 0.15) is 5.82 Å². The third-order valence-corrected chi connectivity index (χ3v) is 6.14. The molecule has 0 spiro atoms. The molecule has 0 bridgehead atoms. The lowest BCUT2D eigenvalue weighted by molar-refractivity contribution is -0.0672. The molecule has 0 aromatic heterocycles. The van der Waals surface area contributed by atoms with Gasteiger partial charge in [0.25, 0.3) is 15.9 Å². The van der Waals surface area contributed by atoms with Crippen molar-refractivity contribution in [1.82, 2.24) is 10.2 Å². The van der Waals surface area contributed by atoms with Crippen LogP contribution in [-0.2, 0) is 14.8 Å². The molecule has 1 heterocycles. The van der Waals surface area contributed by atoms with E-state index in [1.807, 2.05) is 13.8 Å². The first-order chi connectivity index (χ1) is 14.2. The number of carbonyl (C=O) groups is 1. The van der Waals surface area contributed by atoms with Gasteiger partial charge in [0, 0.05) is 31.7 Å². The number of benzene rings is 2. The van der Waals surface area contributed by atoms with E-state index in [0.29, 0.717) is 18.7 Å². The van der Waals surface area contributed by atoms with Gasteiger partial charge in [-0.15, -0.1) is 0 Å². The van der Waals surface area contributed by atoms with Crippen LogP contribution < -0.4 is 10.0 Å². The Morgan fingerprint density at radius 3 is 2.37 bits per heavy atom. The fourth-order valence-corrected chi connectivity index (χ4v) is 4.50. The molecule has 2 unspecified atom stereocenters. The number of nitrogens with zero attached hydrogens (tertiary/aromatic N) is 1. The van der Waals surface area contributed by atoms with Gasteiger partial charge in [-0.1, -0.05) is 12.1 Å². The van der Waals surface area contributed by atoms with Crippen LogP contribution in [0.15, 0.2) is 53.4 Å². The fourth-order valence-electron chi connectivity index (χ4n) is 3.43. The van der Waals surface area contributed by atoms with Crippen LogP contribution in [-0.4, -0.2) is 57.6 Å². The third kappa shape index (κ3) is 5.78. The predicted molar refractivity (Wildman–Crippen MR) is 112 cm³/mol. The number of rotatable bonds is 7. The number of hydrogen-bond acceptors (Lipinski definition) is 5. The molecule has 30 heavy (non-hydrogen) atoms. The summed E-state index contributed by atoms with van der Waals surface area (Å²) in [5.41, 5.74) is 0.217. The Morgan fingerprint density at radius 1 is 1.10 bits per heavy atom. The van der Waals surface area contributed by atoms with Crippen LogP contribution in [0.5, 0.6) is 0 Å². The van der Waals surface area contributed by atoms with E-state index in [-0.39, 0.29) is 28.7 Å².